The van der Waals surface area contributed by atoms with Gasteiger partial charge in [0.1, 0.15) is 11.5 Å². The first-order valence-corrected chi connectivity index (χ1v) is 11.5. The second-order valence-electron chi connectivity index (χ2n) is 8.33. The highest BCUT2D eigenvalue weighted by atomic mass is 35.5. The number of hydrogen-bond donors (Lipinski definition) is 0. The lowest BCUT2D eigenvalue weighted by Gasteiger charge is -2.10. The van der Waals surface area contributed by atoms with Crippen molar-refractivity contribution in [2.45, 2.75) is 0 Å². The van der Waals surface area contributed by atoms with E-state index in [0.29, 0.717) is 10.8 Å². The predicted octanol–water partition coefficient (Wildman–Crippen LogP) is 7.60. The lowest BCUT2D eigenvalue weighted by atomic mass is 10.1. The van der Waals surface area contributed by atoms with Crippen molar-refractivity contribution in [2.24, 2.45) is 0 Å². The zero-order valence-electron chi connectivity index (χ0n) is 18.0. The van der Waals surface area contributed by atoms with E-state index in [1.54, 1.807) is 0 Å². The van der Waals surface area contributed by atoms with Crippen LogP contribution in [0.2, 0.25) is 5.15 Å². The Morgan fingerprint density at radius 2 is 1.32 bits per heavy atom. The van der Waals surface area contributed by atoms with Crippen LogP contribution in [0.5, 0.6) is 0 Å². The van der Waals surface area contributed by atoms with Gasteiger partial charge in [-0.3, -0.25) is 4.57 Å². The van der Waals surface area contributed by atoms with Crippen molar-refractivity contribution in [3.8, 4) is 17.1 Å². The summed E-state index contributed by atoms with van der Waals surface area (Å²) in [5, 5.41) is 4.99. The van der Waals surface area contributed by atoms with E-state index in [1.807, 2.05) is 36.5 Å². The Hall–Kier alpha value is -4.28. The number of rotatable bonds is 2. The highest BCUT2D eigenvalue weighted by Crippen LogP contribution is 2.36. The molecule has 3 aromatic heterocycles. The SMILES string of the molecule is Clc1nc2ccccc2nc1-c1ccc2c3ccccc3n(-c3cc4ccccc4cn3)c2c1. The number of fused-ring (bicyclic) bond motifs is 5. The van der Waals surface area contributed by atoms with E-state index in [-0.39, 0.29) is 0 Å². The average molecular weight is 457 g/mol. The molecule has 0 fully saturated rings. The van der Waals surface area contributed by atoms with Gasteiger partial charge in [0.05, 0.1) is 22.1 Å². The van der Waals surface area contributed by atoms with E-state index in [0.717, 1.165) is 49.6 Å². The van der Waals surface area contributed by atoms with Crippen molar-refractivity contribution >= 4 is 55.2 Å². The maximum Gasteiger partial charge on any atom is 0.156 e. The fraction of sp³-hybridized carbons (Fsp3) is 0. The summed E-state index contributed by atoms with van der Waals surface area (Å²) < 4.78 is 2.21. The van der Waals surface area contributed by atoms with Gasteiger partial charge in [0, 0.05) is 27.9 Å². The Morgan fingerprint density at radius 1 is 0.618 bits per heavy atom. The van der Waals surface area contributed by atoms with Crippen LogP contribution in [-0.4, -0.2) is 19.5 Å². The number of hydrogen-bond acceptors (Lipinski definition) is 3. The van der Waals surface area contributed by atoms with E-state index in [4.69, 9.17) is 21.6 Å². The highest BCUT2D eigenvalue weighted by molar-refractivity contribution is 6.32. The maximum absolute atomic E-state index is 6.60. The van der Waals surface area contributed by atoms with Crippen LogP contribution in [0, 0.1) is 0 Å². The zero-order valence-corrected chi connectivity index (χ0v) is 18.7. The van der Waals surface area contributed by atoms with Crippen molar-refractivity contribution in [1.82, 2.24) is 19.5 Å². The summed E-state index contributed by atoms with van der Waals surface area (Å²) >= 11 is 6.60. The fourth-order valence-electron chi connectivity index (χ4n) is 4.72. The summed E-state index contributed by atoms with van der Waals surface area (Å²) in [6.07, 6.45) is 1.93. The molecule has 5 heteroatoms. The van der Waals surface area contributed by atoms with Gasteiger partial charge in [-0.15, -0.1) is 0 Å². The summed E-state index contributed by atoms with van der Waals surface area (Å²) in [4.78, 5) is 14.2. The Morgan fingerprint density at radius 3 is 2.21 bits per heavy atom. The van der Waals surface area contributed by atoms with Gasteiger partial charge in [0.25, 0.3) is 0 Å². The lowest BCUT2D eigenvalue weighted by molar-refractivity contribution is 1.09. The summed E-state index contributed by atoms with van der Waals surface area (Å²) in [6.45, 7) is 0. The molecule has 160 valence electrons. The van der Waals surface area contributed by atoms with Crippen molar-refractivity contribution in [2.75, 3.05) is 0 Å². The molecule has 0 amide bonds. The average Bonchev–Trinajstić information content (AvgIpc) is 3.21. The first-order valence-electron chi connectivity index (χ1n) is 11.1. The molecule has 0 bridgehead atoms. The first-order chi connectivity index (χ1) is 16.8. The minimum atomic E-state index is 0.393. The molecule has 0 aliphatic rings. The van der Waals surface area contributed by atoms with Gasteiger partial charge < -0.3 is 0 Å². The minimum absolute atomic E-state index is 0.393. The van der Waals surface area contributed by atoms with Crippen molar-refractivity contribution in [1.29, 1.82) is 0 Å². The Balaban J connectivity index is 1.53. The first kappa shape index (κ1) is 19.2. The van der Waals surface area contributed by atoms with Crippen LogP contribution in [0.25, 0.3) is 60.7 Å². The number of benzene rings is 4. The smallest absolute Gasteiger partial charge is 0.156 e. The van der Waals surface area contributed by atoms with Crippen LogP contribution in [-0.2, 0) is 0 Å². The molecule has 4 nitrogen and oxygen atoms in total. The Kier molecular flexibility index (Phi) is 4.16. The van der Waals surface area contributed by atoms with Crippen molar-refractivity contribution in [3.05, 3.63) is 108 Å². The zero-order chi connectivity index (χ0) is 22.6. The molecule has 0 saturated heterocycles. The third-order valence-corrected chi connectivity index (χ3v) is 6.58. The van der Waals surface area contributed by atoms with Crippen LogP contribution in [0.1, 0.15) is 0 Å². The van der Waals surface area contributed by atoms with Crippen LogP contribution in [0.3, 0.4) is 0 Å². The van der Waals surface area contributed by atoms with Gasteiger partial charge in [0.2, 0.25) is 0 Å². The van der Waals surface area contributed by atoms with Gasteiger partial charge in [-0.2, -0.15) is 0 Å². The standard InChI is InChI=1S/C29H17ClN4/c30-29-28(32-23-10-4-5-11-24(23)33-29)19-13-14-22-21-9-3-6-12-25(21)34(26(22)15-19)27-16-18-7-1-2-8-20(18)17-31-27/h1-17H. The molecule has 34 heavy (non-hydrogen) atoms. The summed E-state index contributed by atoms with van der Waals surface area (Å²) in [7, 11) is 0. The molecule has 3 heterocycles. The number of nitrogens with zero attached hydrogens (tertiary/aromatic N) is 4. The van der Waals surface area contributed by atoms with E-state index in [2.05, 4.69) is 76.3 Å². The topological polar surface area (TPSA) is 43.6 Å². The molecule has 0 atom stereocenters. The largest absolute Gasteiger partial charge is 0.294 e. The summed E-state index contributed by atoms with van der Waals surface area (Å²) in [5.41, 5.74) is 5.34. The van der Waals surface area contributed by atoms with E-state index in [1.165, 1.54) is 5.39 Å². The summed E-state index contributed by atoms with van der Waals surface area (Å²) in [6, 6.07) is 32.9. The van der Waals surface area contributed by atoms with Gasteiger partial charge in [-0.1, -0.05) is 78.3 Å². The molecule has 0 unspecified atom stereocenters. The molecular weight excluding hydrogens is 440 g/mol. The van der Waals surface area contributed by atoms with E-state index < -0.39 is 0 Å². The van der Waals surface area contributed by atoms with Gasteiger partial charge in [-0.25, -0.2) is 15.0 Å². The molecule has 0 N–H and O–H groups in total. The van der Waals surface area contributed by atoms with Gasteiger partial charge in [0.15, 0.2) is 5.15 Å². The number of pyridine rings is 1. The predicted molar refractivity (Wildman–Crippen MR) is 140 cm³/mol. The Labute approximate surface area is 200 Å². The molecule has 0 radical (unpaired) electrons. The number of aromatic nitrogens is 4. The third-order valence-electron chi connectivity index (χ3n) is 6.32. The minimum Gasteiger partial charge on any atom is -0.294 e. The molecule has 7 aromatic rings. The highest BCUT2D eigenvalue weighted by Gasteiger charge is 2.16. The normalized spacial score (nSPS) is 11.7. The molecular formula is C29H17ClN4. The quantitative estimate of drug-likeness (QED) is 0.269. The van der Waals surface area contributed by atoms with Crippen LogP contribution < -0.4 is 0 Å². The van der Waals surface area contributed by atoms with Crippen LogP contribution in [0.4, 0.5) is 0 Å². The van der Waals surface area contributed by atoms with Crippen LogP contribution >= 0.6 is 11.6 Å². The third kappa shape index (κ3) is 2.89. The van der Waals surface area contributed by atoms with Gasteiger partial charge >= 0.3 is 0 Å². The monoisotopic (exact) mass is 456 g/mol. The molecule has 0 aliphatic carbocycles. The fourth-order valence-corrected chi connectivity index (χ4v) is 4.96. The molecule has 7 rings (SSSR count). The van der Waals surface area contributed by atoms with Crippen molar-refractivity contribution < 1.29 is 0 Å². The second kappa shape index (κ2) is 7.37. The number of halogens is 1. The Bertz CT molecular complexity index is 1890. The van der Waals surface area contributed by atoms with E-state index in [9.17, 15) is 0 Å². The summed E-state index contributed by atoms with van der Waals surface area (Å²) in [5.74, 6) is 0.873. The van der Waals surface area contributed by atoms with Crippen molar-refractivity contribution in [3.63, 3.8) is 0 Å². The second-order valence-corrected chi connectivity index (χ2v) is 8.68. The lowest BCUT2D eigenvalue weighted by Crippen LogP contribution is -1.97. The molecule has 4 aromatic carbocycles. The number of para-hydroxylation sites is 3. The molecule has 0 aliphatic heterocycles. The van der Waals surface area contributed by atoms with E-state index >= 15 is 0 Å². The van der Waals surface area contributed by atoms with Crippen LogP contribution in [0.15, 0.2) is 103 Å². The maximum atomic E-state index is 6.60. The van der Waals surface area contributed by atoms with Gasteiger partial charge in [-0.05, 0) is 35.7 Å². The molecule has 0 saturated carbocycles. The molecule has 0 spiro atoms.